The Kier molecular flexibility index (Phi) is 3.90. The maximum absolute atomic E-state index is 6.06. The molecule has 0 amide bonds. The van der Waals surface area contributed by atoms with Crippen molar-refractivity contribution in [2.75, 3.05) is 41.7 Å². The van der Waals surface area contributed by atoms with Gasteiger partial charge in [0.05, 0.1) is 11.4 Å². The fraction of sp³-hybridized carbons (Fsp3) is 0.375. The lowest BCUT2D eigenvalue weighted by Gasteiger charge is -2.37. The standard InChI is InChI=1S/C16H21N5/c1-2-13-11-16(19-12-18-13)21-9-7-20(8-10-21)15-6-4-3-5-14(15)17/h3-6,11-12H,2,7-10,17H2,1H3. The number of nitrogens with zero attached hydrogens (tertiary/aromatic N) is 4. The van der Waals surface area contributed by atoms with Gasteiger partial charge >= 0.3 is 0 Å². The molecule has 5 heteroatoms. The predicted octanol–water partition coefficient (Wildman–Crippen LogP) is 1.95. The first-order valence-corrected chi connectivity index (χ1v) is 7.43. The SMILES string of the molecule is CCc1cc(N2CCN(c3ccccc3N)CC2)ncn1. The number of aromatic nitrogens is 2. The highest BCUT2D eigenvalue weighted by molar-refractivity contribution is 5.67. The van der Waals surface area contributed by atoms with E-state index in [1.165, 1.54) is 0 Å². The highest BCUT2D eigenvalue weighted by Gasteiger charge is 2.19. The first kappa shape index (κ1) is 13.7. The molecule has 0 radical (unpaired) electrons. The normalized spacial score (nSPS) is 15.3. The summed E-state index contributed by atoms with van der Waals surface area (Å²) in [5.41, 5.74) is 9.13. The van der Waals surface area contributed by atoms with E-state index < -0.39 is 0 Å². The van der Waals surface area contributed by atoms with E-state index in [2.05, 4.69) is 38.8 Å². The summed E-state index contributed by atoms with van der Waals surface area (Å²) in [7, 11) is 0. The van der Waals surface area contributed by atoms with Gasteiger partial charge in [-0.3, -0.25) is 0 Å². The third-order valence-electron chi connectivity index (χ3n) is 3.95. The summed E-state index contributed by atoms with van der Waals surface area (Å²) >= 11 is 0. The van der Waals surface area contributed by atoms with Gasteiger partial charge in [0.1, 0.15) is 12.1 Å². The summed E-state index contributed by atoms with van der Waals surface area (Å²) in [5.74, 6) is 1.03. The molecule has 1 saturated heterocycles. The smallest absolute Gasteiger partial charge is 0.132 e. The van der Waals surface area contributed by atoms with Crippen LogP contribution in [0.15, 0.2) is 36.7 Å². The molecule has 0 bridgehead atoms. The Labute approximate surface area is 125 Å². The third kappa shape index (κ3) is 2.91. The molecule has 3 rings (SSSR count). The summed E-state index contributed by atoms with van der Waals surface area (Å²) in [5, 5.41) is 0. The van der Waals surface area contributed by atoms with Gasteiger partial charge in [0.25, 0.3) is 0 Å². The van der Waals surface area contributed by atoms with Gasteiger partial charge in [-0.15, -0.1) is 0 Å². The van der Waals surface area contributed by atoms with Gasteiger partial charge in [0, 0.05) is 37.9 Å². The number of aryl methyl sites for hydroxylation is 1. The van der Waals surface area contributed by atoms with Gasteiger partial charge < -0.3 is 15.5 Å². The second-order valence-electron chi connectivity index (χ2n) is 5.25. The van der Waals surface area contributed by atoms with Crippen molar-refractivity contribution < 1.29 is 0 Å². The Bertz CT molecular complexity index is 605. The van der Waals surface area contributed by atoms with Crippen molar-refractivity contribution >= 4 is 17.2 Å². The van der Waals surface area contributed by atoms with Crippen LogP contribution in [0.25, 0.3) is 0 Å². The molecular formula is C16H21N5. The van der Waals surface area contributed by atoms with Crippen molar-refractivity contribution in [1.29, 1.82) is 0 Å². The second-order valence-corrected chi connectivity index (χ2v) is 5.25. The van der Waals surface area contributed by atoms with Crippen LogP contribution in [0.4, 0.5) is 17.2 Å². The van der Waals surface area contributed by atoms with E-state index in [-0.39, 0.29) is 0 Å². The van der Waals surface area contributed by atoms with Gasteiger partial charge in [-0.2, -0.15) is 0 Å². The number of piperazine rings is 1. The molecule has 0 unspecified atom stereocenters. The minimum absolute atomic E-state index is 0.848. The van der Waals surface area contributed by atoms with Crippen LogP contribution in [0.1, 0.15) is 12.6 Å². The molecule has 110 valence electrons. The van der Waals surface area contributed by atoms with E-state index in [0.29, 0.717) is 0 Å². The summed E-state index contributed by atoms with van der Waals surface area (Å²) in [6.45, 7) is 5.94. The Morgan fingerprint density at radius 1 is 1.05 bits per heavy atom. The average Bonchev–Trinajstić information content (AvgIpc) is 2.56. The number of hydrogen-bond acceptors (Lipinski definition) is 5. The molecule has 2 heterocycles. The Morgan fingerprint density at radius 3 is 2.48 bits per heavy atom. The molecular weight excluding hydrogens is 262 g/mol. The molecule has 2 N–H and O–H groups in total. The molecule has 1 fully saturated rings. The monoisotopic (exact) mass is 283 g/mol. The predicted molar refractivity (Wildman–Crippen MR) is 86.7 cm³/mol. The first-order chi connectivity index (χ1) is 10.3. The number of rotatable bonds is 3. The van der Waals surface area contributed by atoms with Crippen LogP contribution in [-0.2, 0) is 6.42 Å². The zero-order valence-electron chi connectivity index (χ0n) is 12.4. The van der Waals surface area contributed by atoms with Gasteiger partial charge in [0.2, 0.25) is 0 Å². The molecule has 2 aromatic rings. The van der Waals surface area contributed by atoms with Crippen LogP contribution in [-0.4, -0.2) is 36.1 Å². The molecule has 1 aromatic carbocycles. The van der Waals surface area contributed by atoms with Crippen LogP contribution in [0.3, 0.4) is 0 Å². The van der Waals surface area contributed by atoms with Gasteiger partial charge in [0.15, 0.2) is 0 Å². The van der Waals surface area contributed by atoms with Crippen LogP contribution < -0.4 is 15.5 Å². The van der Waals surface area contributed by atoms with Crippen molar-refractivity contribution in [2.24, 2.45) is 0 Å². The van der Waals surface area contributed by atoms with Crippen LogP contribution in [0.5, 0.6) is 0 Å². The summed E-state index contributed by atoms with van der Waals surface area (Å²) in [4.78, 5) is 13.3. The zero-order valence-corrected chi connectivity index (χ0v) is 12.4. The van der Waals surface area contributed by atoms with E-state index >= 15 is 0 Å². The van der Waals surface area contributed by atoms with E-state index in [4.69, 9.17) is 5.73 Å². The lowest BCUT2D eigenvalue weighted by Crippen LogP contribution is -2.47. The maximum atomic E-state index is 6.06. The minimum Gasteiger partial charge on any atom is -0.397 e. The molecule has 1 aliphatic heterocycles. The van der Waals surface area contributed by atoms with E-state index in [0.717, 1.165) is 55.5 Å². The topological polar surface area (TPSA) is 58.3 Å². The number of nitrogen functional groups attached to an aromatic ring is 1. The van der Waals surface area contributed by atoms with Crippen LogP contribution in [0, 0.1) is 0 Å². The van der Waals surface area contributed by atoms with E-state index in [9.17, 15) is 0 Å². The molecule has 0 aliphatic carbocycles. The highest BCUT2D eigenvalue weighted by Crippen LogP contribution is 2.24. The zero-order chi connectivity index (χ0) is 14.7. The molecule has 1 aromatic heterocycles. The van der Waals surface area contributed by atoms with Crippen molar-refractivity contribution in [3.05, 3.63) is 42.4 Å². The van der Waals surface area contributed by atoms with E-state index in [1.54, 1.807) is 6.33 Å². The molecule has 0 atom stereocenters. The fourth-order valence-electron chi connectivity index (χ4n) is 2.70. The molecule has 0 spiro atoms. The van der Waals surface area contributed by atoms with Crippen molar-refractivity contribution in [3.8, 4) is 0 Å². The number of para-hydroxylation sites is 2. The van der Waals surface area contributed by atoms with Crippen LogP contribution in [0.2, 0.25) is 0 Å². The average molecular weight is 283 g/mol. The van der Waals surface area contributed by atoms with Gasteiger partial charge in [-0.1, -0.05) is 19.1 Å². The fourth-order valence-corrected chi connectivity index (χ4v) is 2.70. The number of anilines is 3. The number of benzene rings is 1. The molecule has 5 nitrogen and oxygen atoms in total. The largest absolute Gasteiger partial charge is 0.397 e. The van der Waals surface area contributed by atoms with Gasteiger partial charge in [-0.05, 0) is 18.6 Å². The highest BCUT2D eigenvalue weighted by atomic mass is 15.3. The molecule has 1 aliphatic rings. The van der Waals surface area contributed by atoms with Crippen molar-refractivity contribution in [2.45, 2.75) is 13.3 Å². The summed E-state index contributed by atoms with van der Waals surface area (Å²) < 4.78 is 0. The quantitative estimate of drug-likeness (QED) is 0.873. The van der Waals surface area contributed by atoms with Crippen LogP contribution >= 0.6 is 0 Å². The summed E-state index contributed by atoms with van der Waals surface area (Å²) in [6.07, 6.45) is 2.60. The number of nitrogens with two attached hydrogens (primary N) is 1. The lowest BCUT2D eigenvalue weighted by molar-refractivity contribution is 0.646. The minimum atomic E-state index is 0.848. The second kappa shape index (κ2) is 5.99. The molecule has 0 saturated carbocycles. The first-order valence-electron chi connectivity index (χ1n) is 7.43. The lowest BCUT2D eigenvalue weighted by atomic mass is 10.2. The van der Waals surface area contributed by atoms with Gasteiger partial charge in [-0.25, -0.2) is 9.97 Å². The van der Waals surface area contributed by atoms with Crippen molar-refractivity contribution in [1.82, 2.24) is 9.97 Å². The molecule has 21 heavy (non-hydrogen) atoms. The maximum Gasteiger partial charge on any atom is 0.132 e. The third-order valence-corrected chi connectivity index (χ3v) is 3.95. The number of hydrogen-bond donors (Lipinski definition) is 1. The Balaban J connectivity index is 1.69. The van der Waals surface area contributed by atoms with Crippen molar-refractivity contribution in [3.63, 3.8) is 0 Å². The Morgan fingerprint density at radius 2 is 1.76 bits per heavy atom. The Hall–Kier alpha value is -2.30. The van der Waals surface area contributed by atoms with E-state index in [1.807, 2.05) is 18.2 Å². The summed E-state index contributed by atoms with van der Waals surface area (Å²) in [6, 6.07) is 10.1.